The lowest BCUT2D eigenvalue weighted by Crippen LogP contribution is -2.45. The Balaban J connectivity index is 1.58. The summed E-state index contributed by atoms with van der Waals surface area (Å²) in [4.78, 5) is 7.06. The molecule has 0 bridgehead atoms. The maximum absolute atomic E-state index is 4.47. The van der Waals surface area contributed by atoms with Crippen LogP contribution in [0.25, 0.3) is 0 Å². The highest BCUT2D eigenvalue weighted by atomic mass is 15.2. The second-order valence-corrected chi connectivity index (χ2v) is 6.96. The van der Waals surface area contributed by atoms with Crippen molar-refractivity contribution in [2.24, 2.45) is 5.41 Å². The van der Waals surface area contributed by atoms with Crippen molar-refractivity contribution < 1.29 is 0 Å². The molecule has 1 fully saturated rings. The van der Waals surface area contributed by atoms with Gasteiger partial charge in [0, 0.05) is 44.6 Å². The second-order valence-electron chi connectivity index (χ2n) is 6.96. The number of nitrogens with one attached hydrogen (secondary N) is 1. The van der Waals surface area contributed by atoms with Crippen LogP contribution < -0.4 is 5.32 Å². The van der Waals surface area contributed by atoms with Gasteiger partial charge in [0.1, 0.15) is 5.82 Å². The Kier molecular flexibility index (Phi) is 4.13. The average Bonchev–Trinajstić information content (AvgIpc) is 3.14. The van der Waals surface area contributed by atoms with Crippen molar-refractivity contribution in [3.63, 3.8) is 0 Å². The zero-order valence-corrected chi connectivity index (χ0v) is 12.9. The molecule has 1 atom stereocenters. The zero-order chi connectivity index (χ0) is 14.0. The van der Waals surface area contributed by atoms with Crippen molar-refractivity contribution in [3.8, 4) is 0 Å². The highest BCUT2D eigenvalue weighted by Crippen LogP contribution is 2.28. The summed E-state index contributed by atoms with van der Waals surface area (Å²) in [6.07, 6.45) is 9.36. The first-order chi connectivity index (χ1) is 9.68. The molecule has 2 aliphatic rings. The fraction of sp³-hybridized carbons (Fsp3) is 0.812. The van der Waals surface area contributed by atoms with Crippen molar-refractivity contribution in [3.05, 3.63) is 18.2 Å². The predicted molar refractivity (Wildman–Crippen MR) is 81.5 cm³/mol. The van der Waals surface area contributed by atoms with Gasteiger partial charge in [-0.3, -0.25) is 4.90 Å². The minimum Gasteiger partial charge on any atom is -0.333 e. The number of imidazole rings is 1. The average molecular weight is 276 g/mol. The molecular formula is C16H28N4. The Morgan fingerprint density at radius 1 is 1.40 bits per heavy atom. The first-order valence-corrected chi connectivity index (χ1v) is 8.14. The maximum Gasteiger partial charge on any atom is 0.122 e. The van der Waals surface area contributed by atoms with E-state index in [4.69, 9.17) is 0 Å². The van der Waals surface area contributed by atoms with E-state index >= 15 is 0 Å². The molecule has 0 spiro atoms. The molecule has 20 heavy (non-hydrogen) atoms. The molecule has 1 aliphatic heterocycles. The third-order valence-electron chi connectivity index (χ3n) is 4.68. The van der Waals surface area contributed by atoms with Crippen molar-refractivity contribution >= 4 is 0 Å². The summed E-state index contributed by atoms with van der Waals surface area (Å²) >= 11 is 0. The van der Waals surface area contributed by atoms with E-state index in [9.17, 15) is 0 Å². The SMILES string of the molecule is CCCC(C)(CNC1CC1)CN1CCn2ccnc2C1. The monoisotopic (exact) mass is 276 g/mol. The Bertz CT molecular complexity index is 437. The Morgan fingerprint density at radius 3 is 3.00 bits per heavy atom. The van der Waals surface area contributed by atoms with Crippen LogP contribution in [0.3, 0.4) is 0 Å². The molecule has 0 aromatic carbocycles. The quantitative estimate of drug-likeness (QED) is 0.829. The summed E-state index contributed by atoms with van der Waals surface area (Å²) in [5.41, 5.74) is 0.395. The molecule has 4 heteroatoms. The molecule has 1 N–H and O–H groups in total. The molecule has 2 heterocycles. The molecule has 4 nitrogen and oxygen atoms in total. The predicted octanol–water partition coefficient (Wildman–Crippen LogP) is 2.26. The van der Waals surface area contributed by atoms with Crippen LogP contribution in [-0.4, -0.2) is 40.1 Å². The largest absolute Gasteiger partial charge is 0.333 e. The maximum atomic E-state index is 4.47. The molecule has 1 unspecified atom stereocenters. The summed E-state index contributed by atoms with van der Waals surface area (Å²) in [6, 6.07) is 0.812. The molecule has 0 radical (unpaired) electrons. The van der Waals surface area contributed by atoms with Crippen LogP contribution in [0, 0.1) is 5.41 Å². The van der Waals surface area contributed by atoms with Gasteiger partial charge in [-0.15, -0.1) is 0 Å². The van der Waals surface area contributed by atoms with Crippen molar-refractivity contribution in [1.82, 2.24) is 19.8 Å². The van der Waals surface area contributed by atoms with Crippen molar-refractivity contribution in [2.75, 3.05) is 19.6 Å². The van der Waals surface area contributed by atoms with Gasteiger partial charge in [-0.25, -0.2) is 4.98 Å². The number of nitrogens with zero attached hydrogens (tertiary/aromatic N) is 3. The van der Waals surface area contributed by atoms with E-state index in [1.165, 1.54) is 38.1 Å². The Hall–Kier alpha value is -0.870. The fourth-order valence-corrected chi connectivity index (χ4v) is 3.40. The van der Waals surface area contributed by atoms with Gasteiger partial charge in [-0.2, -0.15) is 0 Å². The van der Waals surface area contributed by atoms with Gasteiger partial charge in [0.05, 0.1) is 6.54 Å². The minimum absolute atomic E-state index is 0.395. The van der Waals surface area contributed by atoms with Crippen LogP contribution in [0.2, 0.25) is 0 Å². The Morgan fingerprint density at radius 2 is 2.25 bits per heavy atom. The van der Waals surface area contributed by atoms with Gasteiger partial charge in [-0.1, -0.05) is 20.3 Å². The van der Waals surface area contributed by atoms with E-state index in [2.05, 4.69) is 39.8 Å². The van der Waals surface area contributed by atoms with E-state index in [0.717, 1.165) is 32.2 Å². The molecule has 3 rings (SSSR count). The number of hydrogen-bond acceptors (Lipinski definition) is 3. The normalized spacial score (nSPS) is 22.5. The van der Waals surface area contributed by atoms with E-state index in [0.29, 0.717) is 5.41 Å². The molecular weight excluding hydrogens is 248 g/mol. The van der Waals surface area contributed by atoms with Gasteiger partial charge in [0.2, 0.25) is 0 Å². The molecule has 1 aromatic rings. The summed E-state index contributed by atoms with van der Waals surface area (Å²) in [7, 11) is 0. The number of hydrogen-bond donors (Lipinski definition) is 1. The molecule has 0 saturated heterocycles. The lowest BCUT2D eigenvalue weighted by Gasteiger charge is -2.37. The molecule has 1 aromatic heterocycles. The van der Waals surface area contributed by atoms with E-state index in [1.54, 1.807) is 0 Å². The molecule has 0 amide bonds. The fourth-order valence-electron chi connectivity index (χ4n) is 3.40. The summed E-state index contributed by atoms with van der Waals surface area (Å²) in [6.45, 7) is 10.4. The highest BCUT2D eigenvalue weighted by Gasteiger charge is 2.31. The summed E-state index contributed by atoms with van der Waals surface area (Å²) in [5.74, 6) is 1.23. The third kappa shape index (κ3) is 3.41. The number of aromatic nitrogens is 2. The van der Waals surface area contributed by atoms with Crippen LogP contribution in [0.1, 0.15) is 45.4 Å². The lowest BCUT2D eigenvalue weighted by molar-refractivity contribution is 0.122. The van der Waals surface area contributed by atoms with Gasteiger partial charge >= 0.3 is 0 Å². The molecule has 112 valence electrons. The summed E-state index contributed by atoms with van der Waals surface area (Å²) in [5, 5.41) is 3.74. The van der Waals surface area contributed by atoms with Gasteiger partial charge in [0.15, 0.2) is 0 Å². The molecule has 1 aliphatic carbocycles. The van der Waals surface area contributed by atoms with Crippen molar-refractivity contribution in [1.29, 1.82) is 0 Å². The topological polar surface area (TPSA) is 33.1 Å². The van der Waals surface area contributed by atoms with Crippen molar-refractivity contribution in [2.45, 2.75) is 58.7 Å². The lowest BCUT2D eigenvalue weighted by atomic mass is 9.84. The molecule has 1 saturated carbocycles. The zero-order valence-electron chi connectivity index (χ0n) is 12.9. The number of rotatable bonds is 7. The first kappa shape index (κ1) is 14.1. The smallest absolute Gasteiger partial charge is 0.122 e. The standard InChI is InChI=1S/C16H28N4/c1-3-6-16(2,12-18-14-4-5-14)13-19-9-10-20-8-7-17-15(20)11-19/h7-8,14,18H,3-6,9-13H2,1-2H3. The van der Waals surface area contributed by atoms with Gasteiger partial charge in [-0.05, 0) is 24.7 Å². The van der Waals surface area contributed by atoms with E-state index in [1.807, 2.05) is 6.20 Å². The number of fused-ring (bicyclic) bond motifs is 1. The van der Waals surface area contributed by atoms with E-state index < -0.39 is 0 Å². The third-order valence-corrected chi connectivity index (χ3v) is 4.68. The second kappa shape index (κ2) is 5.86. The van der Waals surface area contributed by atoms with Crippen LogP contribution >= 0.6 is 0 Å². The van der Waals surface area contributed by atoms with Crippen LogP contribution in [0.4, 0.5) is 0 Å². The van der Waals surface area contributed by atoms with Gasteiger partial charge in [0.25, 0.3) is 0 Å². The van der Waals surface area contributed by atoms with Crippen LogP contribution in [-0.2, 0) is 13.1 Å². The van der Waals surface area contributed by atoms with E-state index in [-0.39, 0.29) is 0 Å². The van der Waals surface area contributed by atoms with Gasteiger partial charge < -0.3 is 9.88 Å². The first-order valence-electron chi connectivity index (χ1n) is 8.14. The Labute approximate surface area is 122 Å². The van der Waals surface area contributed by atoms with Crippen LogP contribution in [0.15, 0.2) is 12.4 Å². The van der Waals surface area contributed by atoms with Crippen LogP contribution in [0.5, 0.6) is 0 Å². The summed E-state index contributed by atoms with van der Waals surface area (Å²) < 4.78 is 2.29. The minimum atomic E-state index is 0.395. The highest BCUT2D eigenvalue weighted by molar-refractivity contribution is 4.97.